The van der Waals surface area contributed by atoms with Crippen molar-refractivity contribution < 1.29 is 18.0 Å². The van der Waals surface area contributed by atoms with E-state index in [4.69, 9.17) is 11.6 Å². The molecule has 158 valence electrons. The summed E-state index contributed by atoms with van der Waals surface area (Å²) in [5.74, 6) is 0.225. The summed E-state index contributed by atoms with van der Waals surface area (Å²) < 4.78 is 40.6. The van der Waals surface area contributed by atoms with Crippen molar-refractivity contribution in [3.63, 3.8) is 0 Å². The summed E-state index contributed by atoms with van der Waals surface area (Å²) in [4.78, 5) is 17.3. The number of anilines is 1. The molecule has 8 heteroatoms. The Bertz CT molecular complexity index is 1230. The van der Waals surface area contributed by atoms with Gasteiger partial charge in [0.15, 0.2) is 0 Å². The second kappa shape index (κ2) is 8.43. The zero-order valence-electron chi connectivity index (χ0n) is 16.2. The molecule has 31 heavy (non-hydrogen) atoms. The summed E-state index contributed by atoms with van der Waals surface area (Å²) in [6.07, 6.45) is -4.00. The highest BCUT2D eigenvalue weighted by molar-refractivity contribution is 6.30. The molecule has 0 saturated carbocycles. The van der Waals surface area contributed by atoms with Gasteiger partial charge < -0.3 is 9.88 Å². The van der Waals surface area contributed by atoms with Crippen LogP contribution in [-0.4, -0.2) is 15.5 Å². The van der Waals surface area contributed by atoms with Crippen molar-refractivity contribution in [3.8, 4) is 0 Å². The summed E-state index contributed by atoms with van der Waals surface area (Å²) in [7, 11) is 0. The van der Waals surface area contributed by atoms with Crippen molar-refractivity contribution in [2.45, 2.75) is 19.1 Å². The minimum Gasteiger partial charge on any atom is -0.325 e. The smallest absolute Gasteiger partial charge is 0.325 e. The number of aromatic nitrogens is 2. The molecule has 0 bridgehead atoms. The summed E-state index contributed by atoms with van der Waals surface area (Å²) in [6, 6.07) is 19.3. The first-order valence-corrected chi connectivity index (χ1v) is 9.83. The number of alkyl halides is 3. The first kappa shape index (κ1) is 20.9. The van der Waals surface area contributed by atoms with E-state index < -0.39 is 17.6 Å². The van der Waals surface area contributed by atoms with Crippen LogP contribution >= 0.6 is 11.6 Å². The van der Waals surface area contributed by atoms with Gasteiger partial charge in [-0.05, 0) is 48.0 Å². The summed E-state index contributed by atoms with van der Waals surface area (Å²) in [5, 5.41) is 3.17. The molecule has 0 radical (unpaired) electrons. The third-order valence-corrected chi connectivity index (χ3v) is 5.04. The van der Waals surface area contributed by atoms with Crippen LogP contribution in [0.5, 0.6) is 0 Å². The van der Waals surface area contributed by atoms with Gasteiger partial charge >= 0.3 is 6.18 Å². The largest absolute Gasteiger partial charge is 0.416 e. The summed E-state index contributed by atoms with van der Waals surface area (Å²) in [5.41, 5.74) is 1.74. The van der Waals surface area contributed by atoms with Crippen LogP contribution in [0, 0.1) is 0 Å². The number of hydrogen-bond donors (Lipinski definition) is 1. The van der Waals surface area contributed by atoms with E-state index >= 15 is 0 Å². The van der Waals surface area contributed by atoms with E-state index in [9.17, 15) is 18.0 Å². The van der Waals surface area contributed by atoms with Gasteiger partial charge in [0.1, 0.15) is 12.4 Å². The number of halogens is 4. The van der Waals surface area contributed by atoms with Gasteiger partial charge in [0.05, 0.1) is 16.6 Å². The molecule has 0 saturated heterocycles. The van der Waals surface area contributed by atoms with Crippen molar-refractivity contribution in [1.82, 2.24) is 9.55 Å². The molecule has 1 N–H and O–H groups in total. The number of nitrogens with one attached hydrogen (secondary N) is 1. The summed E-state index contributed by atoms with van der Waals surface area (Å²) >= 11 is 5.95. The number of imidazole rings is 1. The Morgan fingerprint density at radius 3 is 2.48 bits per heavy atom. The van der Waals surface area contributed by atoms with Crippen LogP contribution < -0.4 is 5.32 Å². The number of fused-ring (bicyclic) bond motifs is 1. The van der Waals surface area contributed by atoms with E-state index in [0.717, 1.165) is 28.7 Å². The van der Waals surface area contributed by atoms with Gasteiger partial charge in [0, 0.05) is 17.1 Å². The lowest BCUT2D eigenvalue weighted by Crippen LogP contribution is -2.20. The molecule has 0 aliphatic rings. The summed E-state index contributed by atoms with van der Waals surface area (Å²) in [6.45, 7) is -0.0836. The Morgan fingerprint density at radius 2 is 1.74 bits per heavy atom. The van der Waals surface area contributed by atoms with Crippen molar-refractivity contribution in [2.75, 3.05) is 5.32 Å². The highest BCUT2D eigenvalue weighted by Crippen LogP contribution is 2.30. The first-order valence-electron chi connectivity index (χ1n) is 9.45. The SMILES string of the molecule is O=C(Cn1c(Cc2ccc(Cl)cc2)nc2ccccc21)Nc1cccc(C(F)(F)F)c1. The van der Waals surface area contributed by atoms with Gasteiger partial charge in [-0.2, -0.15) is 13.2 Å². The van der Waals surface area contributed by atoms with Gasteiger partial charge in [-0.3, -0.25) is 4.79 Å². The maximum absolute atomic E-state index is 12.9. The molecular weight excluding hydrogens is 427 g/mol. The standard InChI is InChI=1S/C23H17ClF3N3O/c24-17-10-8-15(9-11-17)12-21-29-19-6-1-2-7-20(19)30(21)14-22(31)28-18-5-3-4-16(13-18)23(25,26)27/h1-11,13H,12,14H2,(H,28,31). The Balaban J connectivity index is 1.60. The first-order chi connectivity index (χ1) is 14.8. The van der Waals surface area contributed by atoms with Gasteiger partial charge in [-0.25, -0.2) is 4.98 Å². The number of carbonyl (C=O) groups is 1. The van der Waals surface area contributed by atoms with Crippen molar-refractivity contribution >= 4 is 34.2 Å². The van der Waals surface area contributed by atoms with Gasteiger partial charge in [0.25, 0.3) is 0 Å². The predicted octanol–water partition coefficient (Wildman–Crippen LogP) is 5.94. The number of rotatable bonds is 5. The van der Waals surface area contributed by atoms with Crippen molar-refractivity contribution in [3.05, 3.63) is 94.8 Å². The van der Waals surface area contributed by atoms with Crippen molar-refractivity contribution in [1.29, 1.82) is 0 Å². The van der Waals surface area contributed by atoms with Gasteiger partial charge in [0.2, 0.25) is 5.91 Å². The maximum atomic E-state index is 12.9. The van der Waals surface area contributed by atoms with Gasteiger partial charge in [-0.1, -0.05) is 41.9 Å². The van der Waals surface area contributed by atoms with Crippen molar-refractivity contribution in [2.24, 2.45) is 0 Å². The molecule has 0 aliphatic heterocycles. The number of amides is 1. The molecule has 0 atom stereocenters. The third-order valence-electron chi connectivity index (χ3n) is 4.78. The molecule has 4 rings (SSSR count). The molecule has 0 unspecified atom stereocenters. The van der Waals surface area contributed by atoms with Crippen LogP contribution in [0.15, 0.2) is 72.8 Å². The highest BCUT2D eigenvalue weighted by Gasteiger charge is 2.30. The lowest BCUT2D eigenvalue weighted by atomic mass is 10.1. The highest BCUT2D eigenvalue weighted by atomic mass is 35.5. The third kappa shape index (κ3) is 4.88. The fourth-order valence-corrected chi connectivity index (χ4v) is 3.46. The molecule has 0 spiro atoms. The molecule has 4 aromatic rings. The number of carbonyl (C=O) groups excluding carboxylic acids is 1. The van der Waals surface area contributed by atoms with Crippen LogP contribution in [-0.2, 0) is 23.9 Å². The van der Waals surface area contributed by atoms with E-state index in [1.165, 1.54) is 12.1 Å². The van der Waals surface area contributed by atoms with Crippen LogP contribution in [0.4, 0.5) is 18.9 Å². The Kier molecular flexibility index (Phi) is 5.69. The Morgan fingerprint density at radius 1 is 1.00 bits per heavy atom. The molecule has 3 aromatic carbocycles. The normalized spacial score (nSPS) is 11.6. The topological polar surface area (TPSA) is 46.9 Å². The average Bonchev–Trinajstić information content (AvgIpc) is 3.06. The second-order valence-corrected chi connectivity index (χ2v) is 7.47. The molecule has 0 fully saturated rings. The van der Waals surface area contributed by atoms with Crippen LogP contribution in [0.3, 0.4) is 0 Å². The van der Waals surface area contributed by atoms with E-state index in [1.54, 1.807) is 16.7 Å². The second-order valence-electron chi connectivity index (χ2n) is 7.03. The number of hydrogen-bond acceptors (Lipinski definition) is 2. The minimum absolute atomic E-state index is 0.0836. The molecule has 1 aromatic heterocycles. The lowest BCUT2D eigenvalue weighted by Gasteiger charge is -2.12. The number of nitrogens with zero attached hydrogens (tertiary/aromatic N) is 2. The number of para-hydroxylation sites is 2. The van der Waals surface area contributed by atoms with Crippen LogP contribution in [0.25, 0.3) is 11.0 Å². The monoisotopic (exact) mass is 443 g/mol. The van der Waals surface area contributed by atoms with E-state index in [0.29, 0.717) is 17.3 Å². The molecular formula is C23H17ClF3N3O. The molecule has 1 amide bonds. The maximum Gasteiger partial charge on any atom is 0.416 e. The molecule has 4 nitrogen and oxygen atoms in total. The zero-order valence-corrected chi connectivity index (χ0v) is 16.9. The fourth-order valence-electron chi connectivity index (χ4n) is 3.34. The Labute approximate surface area is 181 Å². The van der Waals surface area contributed by atoms with Crippen LogP contribution in [0.1, 0.15) is 17.0 Å². The quantitative estimate of drug-likeness (QED) is 0.415. The van der Waals surface area contributed by atoms with E-state index in [2.05, 4.69) is 10.3 Å². The van der Waals surface area contributed by atoms with Gasteiger partial charge in [-0.15, -0.1) is 0 Å². The number of benzene rings is 3. The minimum atomic E-state index is -4.48. The molecule has 0 aliphatic carbocycles. The predicted molar refractivity (Wildman–Crippen MR) is 114 cm³/mol. The average molecular weight is 444 g/mol. The fraction of sp³-hybridized carbons (Fsp3) is 0.130. The zero-order chi connectivity index (χ0) is 22.0. The lowest BCUT2D eigenvalue weighted by molar-refractivity contribution is -0.137. The molecule has 1 heterocycles. The van der Waals surface area contributed by atoms with E-state index in [1.807, 2.05) is 36.4 Å². The van der Waals surface area contributed by atoms with E-state index in [-0.39, 0.29) is 12.2 Å². The Hall–Kier alpha value is -3.32. The van der Waals surface area contributed by atoms with Crippen LogP contribution in [0.2, 0.25) is 5.02 Å².